The van der Waals surface area contributed by atoms with Crippen molar-refractivity contribution in [1.82, 2.24) is 0 Å². The van der Waals surface area contributed by atoms with Crippen LogP contribution in [0.1, 0.15) is 27.2 Å². The van der Waals surface area contributed by atoms with Crippen molar-refractivity contribution < 1.29 is 4.79 Å². The molecule has 0 saturated carbocycles. The van der Waals surface area contributed by atoms with Crippen LogP contribution in [0.3, 0.4) is 0 Å². The number of amides is 2. The number of hydrogen-bond donors (Lipinski definition) is 3. The summed E-state index contributed by atoms with van der Waals surface area (Å²) in [5.41, 5.74) is 7.07. The largest absolute Gasteiger partial charge is 0.385 e. The summed E-state index contributed by atoms with van der Waals surface area (Å²) in [6.45, 7) is 7.53. The van der Waals surface area contributed by atoms with Gasteiger partial charge in [0.25, 0.3) is 0 Å². The minimum atomic E-state index is -0.545. The quantitative estimate of drug-likeness (QED) is 0.751. The molecule has 0 aliphatic rings. The van der Waals surface area contributed by atoms with Gasteiger partial charge in [-0.25, -0.2) is 4.79 Å². The van der Waals surface area contributed by atoms with E-state index < -0.39 is 6.03 Å². The van der Waals surface area contributed by atoms with Crippen LogP contribution in [0.15, 0.2) is 24.3 Å². The van der Waals surface area contributed by atoms with E-state index in [-0.39, 0.29) is 0 Å². The molecule has 4 heteroatoms. The van der Waals surface area contributed by atoms with Crippen LogP contribution in [0.2, 0.25) is 0 Å². The average Bonchev–Trinajstić information content (AvgIpc) is 2.15. The Morgan fingerprint density at radius 3 is 2.53 bits per heavy atom. The van der Waals surface area contributed by atoms with Crippen LogP contribution < -0.4 is 16.4 Å². The van der Waals surface area contributed by atoms with Gasteiger partial charge in [0.05, 0.1) is 0 Å². The maximum atomic E-state index is 10.7. The second-order valence-electron chi connectivity index (χ2n) is 5.31. The van der Waals surface area contributed by atoms with E-state index in [9.17, 15) is 4.79 Å². The summed E-state index contributed by atoms with van der Waals surface area (Å²) in [5, 5.41) is 5.87. The lowest BCUT2D eigenvalue weighted by molar-refractivity contribution is 0.259. The van der Waals surface area contributed by atoms with Crippen molar-refractivity contribution in [2.75, 3.05) is 17.2 Å². The van der Waals surface area contributed by atoms with Gasteiger partial charge in [0.2, 0.25) is 0 Å². The van der Waals surface area contributed by atoms with Gasteiger partial charge in [-0.15, -0.1) is 0 Å². The zero-order valence-electron chi connectivity index (χ0n) is 10.7. The number of carbonyl (C=O) groups is 1. The predicted molar refractivity (Wildman–Crippen MR) is 72.2 cm³/mol. The highest BCUT2D eigenvalue weighted by Crippen LogP contribution is 2.19. The maximum Gasteiger partial charge on any atom is 0.316 e. The predicted octanol–water partition coefficient (Wildman–Crippen LogP) is 3.03. The Labute approximate surface area is 103 Å². The van der Waals surface area contributed by atoms with Crippen molar-refractivity contribution in [3.05, 3.63) is 24.3 Å². The molecule has 1 aromatic rings. The Bertz CT molecular complexity index is 382. The molecule has 4 nitrogen and oxygen atoms in total. The molecule has 4 N–H and O–H groups in total. The Kier molecular flexibility index (Phi) is 4.37. The number of anilines is 2. The second-order valence-corrected chi connectivity index (χ2v) is 5.31. The highest BCUT2D eigenvalue weighted by Gasteiger charge is 2.08. The van der Waals surface area contributed by atoms with Crippen LogP contribution in [0.4, 0.5) is 16.2 Å². The Morgan fingerprint density at radius 2 is 1.94 bits per heavy atom. The molecule has 17 heavy (non-hydrogen) atoms. The fraction of sp³-hybridized carbons (Fsp3) is 0.462. The molecule has 0 atom stereocenters. The van der Waals surface area contributed by atoms with Gasteiger partial charge in [0.15, 0.2) is 0 Å². The number of nitrogens with one attached hydrogen (secondary N) is 2. The molecule has 0 aromatic heterocycles. The van der Waals surface area contributed by atoms with E-state index in [4.69, 9.17) is 5.73 Å². The van der Waals surface area contributed by atoms with E-state index in [2.05, 4.69) is 31.4 Å². The lowest BCUT2D eigenvalue weighted by Crippen LogP contribution is -2.19. The fourth-order valence-corrected chi connectivity index (χ4v) is 1.43. The van der Waals surface area contributed by atoms with Crippen LogP contribution in [-0.4, -0.2) is 12.6 Å². The van der Waals surface area contributed by atoms with Crippen molar-refractivity contribution >= 4 is 17.4 Å². The summed E-state index contributed by atoms with van der Waals surface area (Å²) >= 11 is 0. The number of hydrogen-bond acceptors (Lipinski definition) is 2. The van der Waals surface area contributed by atoms with E-state index in [0.717, 1.165) is 18.7 Å². The van der Waals surface area contributed by atoms with Crippen molar-refractivity contribution in [1.29, 1.82) is 0 Å². The number of benzene rings is 1. The minimum Gasteiger partial charge on any atom is -0.385 e. The third-order valence-corrected chi connectivity index (χ3v) is 2.33. The van der Waals surface area contributed by atoms with Gasteiger partial charge in [-0.1, -0.05) is 26.8 Å². The SMILES string of the molecule is CC(C)(C)CCNc1cccc(NC(N)=O)c1. The maximum absolute atomic E-state index is 10.7. The molecule has 1 aromatic carbocycles. The Balaban J connectivity index is 2.51. The first-order valence-corrected chi connectivity index (χ1v) is 5.77. The first-order chi connectivity index (χ1) is 7.87. The van der Waals surface area contributed by atoms with Gasteiger partial charge in [-0.05, 0) is 30.0 Å². The lowest BCUT2D eigenvalue weighted by Gasteiger charge is -2.18. The highest BCUT2D eigenvalue weighted by molar-refractivity contribution is 5.88. The first-order valence-electron chi connectivity index (χ1n) is 5.77. The number of nitrogens with two attached hydrogens (primary N) is 1. The molecule has 0 fully saturated rings. The molecule has 0 spiro atoms. The molecule has 2 amide bonds. The zero-order chi connectivity index (χ0) is 12.9. The first kappa shape index (κ1) is 13.4. The molecule has 0 aliphatic heterocycles. The van der Waals surface area contributed by atoms with Gasteiger partial charge >= 0.3 is 6.03 Å². The smallest absolute Gasteiger partial charge is 0.316 e. The van der Waals surface area contributed by atoms with Crippen molar-refractivity contribution in [3.63, 3.8) is 0 Å². The summed E-state index contributed by atoms with van der Waals surface area (Å²) in [4.78, 5) is 10.7. The van der Waals surface area contributed by atoms with Gasteiger partial charge in [0, 0.05) is 17.9 Å². The van der Waals surface area contributed by atoms with Gasteiger partial charge in [-0.3, -0.25) is 0 Å². The third-order valence-electron chi connectivity index (χ3n) is 2.33. The highest BCUT2D eigenvalue weighted by atomic mass is 16.2. The topological polar surface area (TPSA) is 67.2 Å². The molecule has 0 aliphatic carbocycles. The van der Waals surface area contributed by atoms with E-state index in [1.807, 2.05) is 18.2 Å². The molecule has 0 unspecified atom stereocenters. The zero-order valence-corrected chi connectivity index (χ0v) is 10.7. The molecule has 94 valence electrons. The summed E-state index contributed by atoms with van der Waals surface area (Å²) < 4.78 is 0. The monoisotopic (exact) mass is 235 g/mol. The normalized spacial score (nSPS) is 11.0. The van der Waals surface area contributed by atoms with Gasteiger partial charge in [0.1, 0.15) is 0 Å². The number of primary amides is 1. The van der Waals surface area contributed by atoms with E-state index in [1.54, 1.807) is 6.07 Å². The fourth-order valence-electron chi connectivity index (χ4n) is 1.43. The van der Waals surface area contributed by atoms with E-state index in [1.165, 1.54) is 0 Å². The van der Waals surface area contributed by atoms with Gasteiger partial charge in [-0.2, -0.15) is 0 Å². The minimum absolute atomic E-state index is 0.316. The molecular weight excluding hydrogens is 214 g/mol. The Hall–Kier alpha value is -1.71. The van der Waals surface area contributed by atoms with Crippen molar-refractivity contribution in [3.8, 4) is 0 Å². The molecule has 0 radical (unpaired) electrons. The van der Waals surface area contributed by atoms with E-state index in [0.29, 0.717) is 11.1 Å². The van der Waals surface area contributed by atoms with Crippen molar-refractivity contribution in [2.45, 2.75) is 27.2 Å². The average molecular weight is 235 g/mol. The molecule has 0 heterocycles. The van der Waals surface area contributed by atoms with Crippen LogP contribution in [0, 0.1) is 5.41 Å². The van der Waals surface area contributed by atoms with Crippen molar-refractivity contribution in [2.24, 2.45) is 11.1 Å². The lowest BCUT2D eigenvalue weighted by atomic mass is 9.92. The summed E-state index contributed by atoms with van der Waals surface area (Å²) in [6, 6.07) is 6.98. The molecule has 0 saturated heterocycles. The number of carbonyl (C=O) groups excluding carboxylic acids is 1. The van der Waals surface area contributed by atoms with Crippen LogP contribution in [0.5, 0.6) is 0 Å². The van der Waals surface area contributed by atoms with Gasteiger partial charge < -0.3 is 16.4 Å². The summed E-state index contributed by atoms with van der Waals surface area (Å²) in [6.07, 6.45) is 1.08. The summed E-state index contributed by atoms with van der Waals surface area (Å²) in [5.74, 6) is 0. The second kappa shape index (κ2) is 5.57. The van der Waals surface area contributed by atoms with Crippen LogP contribution in [0.25, 0.3) is 0 Å². The van der Waals surface area contributed by atoms with Crippen LogP contribution >= 0.6 is 0 Å². The van der Waals surface area contributed by atoms with Crippen LogP contribution in [-0.2, 0) is 0 Å². The number of urea groups is 1. The van der Waals surface area contributed by atoms with E-state index >= 15 is 0 Å². The Morgan fingerprint density at radius 1 is 1.29 bits per heavy atom. The standard InChI is InChI=1S/C13H21N3O/c1-13(2,3)7-8-15-10-5-4-6-11(9-10)16-12(14)17/h4-6,9,15H,7-8H2,1-3H3,(H3,14,16,17). The number of rotatable bonds is 4. The molecule has 0 bridgehead atoms. The molecule has 1 rings (SSSR count). The third kappa shape index (κ3) is 5.80. The summed E-state index contributed by atoms with van der Waals surface area (Å²) in [7, 11) is 0. The molecular formula is C13H21N3O.